The molecule has 0 bridgehead atoms. The molecule has 1 atom stereocenters. The molecule has 2 N–H and O–H groups in total. The van der Waals surface area contributed by atoms with Gasteiger partial charge in [0, 0.05) is 17.0 Å². The van der Waals surface area contributed by atoms with E-state index in [1.54, 1.807) is 0 Å². The average molecular weight is 372 g/mol. The summed E-state index contributed by atoms with van der Waals surface area (Å²) in [6.45, 7) is 2.01. The Morgan fingerprint density at radius 2 is 1.48 bits per heavy atom. The molecule has 0 aliphatic rings. The maximum atomic E-state index is 12.8. The van der Waals surface area contributed by atoms with Crippen LogP contribution in [0.15, 0.2) is 83.9 Å². The van der Waals surface area contributed by atoms with E-state index in [0.29, 0.717) is 11.3 Å². The van der Waals surface area contributed by atoms with Crippen molar-refractivity contribution < 1.29 is 4.79 Å². The lowest BCUT2D eigenvalue weighted by atomic mass is 9.93. The number of aryl methyl sites for hydroxylation is 1. The molecule has 134 valence electrons. The number of aromatic nitrogens is 2. The zero-order valence-electron chi connectivity index (χ0n) is 14.9. The van der Waals surface area contributed by atoms with Crippen LogP contribution in [0.25, 0.3) is 0 Å². The molecule has 0 aliphatic heterocycles. The first-order valence-corrected chi connectivity index (χ1v) is 9.29. The lowest BCUT2D eigenvalue weighted by Crippen LogP contribution is -2.06. The average Bonchev–Trinajstić information content (AvgIpc) is 3.33. The van der Waals surface area contributed by atoms with E-state index in [-0.39, 0.29) is 11.7 Å². The normalized spacial score (nSPS) is 12.1. The zero-order chi connectivity index (χ0) is 18.8. The van der Waals surface area contributed by atoms with Crippen LogP contribution in [-0.4, -0.2) is 15.8 Å². The van der Waals surface area contributed by atoms with Gasteiger partial charge < -0.3 is 9.97 Å². The van der Waals surface area contributed by atoms with Gasteiger partial charge in [-0.3, -0.25) is 4.79 Å². The summed E-state index contributed by atoms with van der Waals surface area (Å²) in [6, 6.07) is 25.7. The zero-order valence-corrected chi connectivity index (χ0v) is 15.8. The number of aromatic amines is 2. The summed E-state index contributed by atoms with van der Waals surface area (Å²) in [6.07, 6.45) is 0. The van der Waals surface area contributed by atoms with Crippen molar-refractivity contribution >= 4 is 18.4 Å². The van der Waals surface area contributed by atoms with Gasteiger partial charge in [0.05, 0.1) is 16.6 Å². The first kappa shape index (κ1) is 17.4. The van der Waals surface area contributed by atoms with Crippen molar-refractivity contribution in [3.63, 3.8) is 0 Å². The Balaban J connectivity index is 1.72. The summed E-state index contributed by atoms with van der Waals surface area (Å²) >= 11 is 4.40. The molecule has 2 aromatic carbocycles. The molecule has 4 rings (SSSR count). The van der Waals surface area contributed by atoms with Gasteiger partial charge in [-0.25, -0.2) is 0 Å². The molecule has 0 amide bonds. The van der Waals surface area contributed by atoms with Crippen LogP contribution < -0.4 is 0 Å². The molecule has 2 aromatic heterocycles. The van der Waals surface area contributed by atoms with Gasteiger partial charge in [-0.05, 0) is 36.8 Å². The highest BCUT2D eigenvalue weighted by Gasteiger charge is 2.21. The quantitative estimate of drug-likeness (QED) is 0.321. The Labute approximate surface area is 163 Å². The third-order valence-electron chi connectivity index (χ3n) is 4.72. The molecule has 2 heterocycles. The monoisotopic (exact) mass is 372 g/mol. The Kier molecular flexibility index (Phi) is 4.73. The summed E-state index contributed by atoms with van der Waals surface area (Å²) in [5.74, 6) is -0.0268. The second-order valence-electron chi connectivity index (χ2n) is 6.67. The Hall–Kier alpha value is -2.98. The number of H-pyrrole nitrogens is 2. The summed E-state index contributed by atoms with van der Waals surface area (Å²) in [5.41, 5.74) is 5.55. The summed E-state index contributed by atoms with van der Waals surface area (Å²) in [4.78, 5) is 19.5. The van der Waals surface area contributed by atoms with Crippen molar-refractivity contribution in [3.05, 3.63) is 113 Å². The van der Waals surface area contributed by atoms with E-state index in [0.717, 1.165) is 27.5 Å². The van der Waals surface area contributed by atoms with Gasteiger partial charge in [0.15, 0.2) is 0 Å². The first-order chi connectivity index (χ1) is 13.1. The number of ketones is 1. The third kappa shape index (κ3) is 3.62. The minimum absolute atomic E-state index is 0.00516. The Morgan fingerprint density at radius 3 is 2.15 bits per heavy atom. The van der Waals surface area contributed by atoms with Crippen LogP contribution in [0, 0.1) is 6.92 Å². The van der Waals surface area contributed by atoms with Gasteiger partial charge in [0.1, 0.15) is 0 Å². The van der Waals surface area contributed by atoms with E-state index in [4.69, 9.17) is 0 Å². The highest BCUT2D eigenvalue weighted by atomic mass is 32.1. The standard InChI is InChI=1S/C23H20N2OS/c1-15-7-9-17(10-8-15)23(26)20-12-11-18(24-20)22(16-5-3-2-4-6-16)19-13-14-21(27)25-19/h2-14,22,24-25,27H,1H3. The fourth-order valence-corrected chi connectivity index (χ4v) is 3.52. The number of nitrogens with one attached hydrogen (secondary N) is 2. The lowest BCUT2D eigenvalue weighted by Gasteiger charge is -2.15. The SMILES string of the molecule is Cc1ccc(C(=O)c2ccc(C(c3ccccc3)c3ccc(S)[nH]3)[nH]2)cc1. The number of carbonyl (C=O) groups excluding carboxylic acids is 1. The van der Waals surface area contributed by atoms with Crippen molar-refractivity contribution in [3.8, 4) is 0 Å². The molecule has 0 saturated heterocycles. The predicted octanol–water partition coefficient (Wildman–Crippen LogP) is 5.35. The maximum Gasteiger partial charge on any atom is 0.209 e. The van der Waals surface area contributed by atoms with Crippen molar-refractivity contribution in [2.75, 3.05) is 0 Å². The number of carbonyl (C=O) groups is 1. The third-order valence-corrected chi connectivity index (χ3v) is 4.98. The largest absolute Gasteiger partial charge is 0.355 e. The predicted molar refractivity (Wildman–Crippen MR) is 111 cm³/mol. The summed E-state index contributed by atoms with van der Waals surface area (Å²) in [5, 5.41) is 0.813. The van der Waals surface area contributed by atoms with Crippen molar-refractivity contribution in [2.45, 2.75) is 17.9 Å². The molecule has 3 nitrogen and oxygen atoms in total. The number of hydrogen-bond acceptors (Lipinski definition) is 2. The van der Waals surface area contributed by atoms with Gasteiger partial charge in [-0.15, -0.1) is 12.6 Å². The lowest BCUT2D eigenvalue weighted by molar-refractivity contribution is 0.103. The summed E-state index contributed by atoms with van der Waals surface area (Å²) < 4.78 is 0. The molecular formula is C23H20N2OS. The highest BCUT2D eigenvalue weighted by molar-refractivity contribution is 7.80. The molecule has 0 saturated carbocycles. The van der Waals surface area contributed by atoms with E-state index in [1.165, 1.54) is 0 Å². The van der Waals surface area contributed by atoms with Crippen LogP contribution in [0.5, 0.6) is 0 Å². The van der Waals surface area contributed by atoms with Gasteiger partial charge in [-0.2, -0.15) is 0 Å². The van der Waals surface area contributed by atoms with E-state index < -0.39 is 0 Å². The molecule has 4 aromatic rings. The fraction of sp³-hybridized carbons (Fsp3) is 0.0870. The molecule has 0 fully saturated rings. The number of benzene rings is 2. The number of rotatable bonds is 5. The molecule has 0 spiro atoms. The summed E-state index contributed by atoms with van der Waals surface area (Å²) in [7, 11) is 0. The topological polar surface area (TPSA) is 48.6 Å². The van der Waals surface area contributed by atoms with Gasteiger partial charge in [0.2, 0.25) is 5.78 Å². The minimum Gasteiger partial charge on any atom is -0.355 e. The first-order valence-electron chi connectivity index (χ1n) is 8.85. The van der Waals surface area contributed by atoms with E-state index >= 15 is 0 Å². The Morgan fingerprint density at radius 1 is 0.815 bits per heavy atom. The van der Waals surface area contributed by atoms with Crippen LogP contribution in [0.2, 0.25) is 0 Å². The van der Waals surface area contributed by atoms with Crippen LogP contribution in [-0.2, 0) is 0 Å². The second-order valence-corrected chi connectivity index (χ2v) is 7.15. The number of hydrogen-bond donors (Lipinski definition) is 3. The van der Waals surface area contributed by atoms with Crippen molar-refractivity contribution in [1.82, 2.24) is 9.97 Å². The highest BCUT2D eigenvalue weighted by Crippen LogP contribution is 2.31. The molecule has 4 heteroatoms. The second kappa shape index (κ2) is 7.33. The molecule has 0 aliphatic carbocycles. The fourth-order valence-electron chi connectivity index (χ4n) is 3.31. The molecule has 27 heavy (non-hydrogen) atoms. The van der Waals surface area contributed by atoms with Crippen LogP contribution in [0.3, 0.4) is 0 Å². The van der Waals surface area contributed by atoms with Gasteiger partial charge in [0.25, 0.3) is 0 Å². The van der Waals surface area contributed by atoms with Crippen molar-refractivity contribution in [1.29, 1.82) is 0 Å². The smallest absolute Gasteiger partial charge is 0.209 e. The van der Waals surface area contributed by atoms with Gasteiger partial charge >= 0.3 is 0 Å². The molecule has 1 unspecified atom stereocenters. The van der Waals surface area contributed by atoms with E-state index in [2.05, 4.69) is 34.7 Å². The van der Waals surface area contributed by atoms with Crippen LogP contribution in [0.4, 0.5) is 0 Å². The van der Waals surface area contributed by atoms with Crippen LogP contribution >= 0.6 is 12.6 Å². The van der Waals surface area contributed by atoms with Crippen molar-refractivity contribution in [2.24, 2.45) is 0 Å². The van der Waals surface area contributed by atoms with Crippen LogP contribution in [0.1, 0.15) is 44.5 Å². The maximum absolute atomic E-state index is 12.8. The minimum atomic E-state index is -0.0216. The van der Waals surface area contributed by atoms with E-state index in [1.807, 2.05) is 73.7 Å². The Bertz CT molecular complexity index is 1060. The number of thiol groups is 1. The molecular weight excluding hydrogens is 352 g/mol. The van der Waals surface area contributed by atoms with E-state index in [9.17, 15) is 4.79 Å². The molecule has 0 radical (unpaired) electrons. The van der Waals surface area contributed by atoms with Gasteiger partial charge in [-0.1, -0.05) is 60.2 Å².